The zero-order valence-electron chi connectivity index (χ0n) is 14.1. The van der Waals surface area contributed by atoms with Crippen LogP contribution in [0.25, 0.3) is 0 Å². The number of carbonyl (C=O) groups is 1. The molecule has 0 aromatic heterocycles. The van der Waals surface area contributed by atoms with Crippen LogP contribution >= 0.6 is 0 Å². The summed E-state index contributed by atoms with van der Waals surface area (Å²) in [6.45, 7) is -0.195. The van der Waals surface area contributed by atoms with Crippen LogP contribution in [-0.2, 0) is 14.8 Å². The number of methoxy groups -OCH3 is 1. The smallest absolute Gasteiger partial charge is 0.241 e. The molecule has 2 saturated carbocycles. The van der Waals surface area contributed by atoms with Crippen LogP contribution in [0.2, 0.25) is 0 Å². The van der Waals surface area contributed by atoms with Gasteiger partial charge in [-0.1, -0.05) is 6.42 Å². The Morgan fingerprint density at radius 1 is 1.25 bits per heavy atom. The van der Waals surface area contributed by atoms with Crippen molar-refractivity contribution in [1.82, 2.24) is 5.32 Å². The van der Waals surface area contributed by atoms with E-state index in [0.717, 1.165) is 22.9 Å². The molecule has 2 fully saturated rings. The average Bonchev–Trinajstić information content (AvgIpc) is 3.14. The molecule has 0 heterocycles. The largest absolute Gasteiger partial charge is 0.497 e. The molecular weight excluding hydrogens is 328 g/mol. The molecule has 7 heteroatoms. The second-order valence-corrected chi connectivity index (χ2v) is 8.72. The quantitative estimate of drug-likeness (QED) is 0.846. The molecule has 0 spiro atoms. The van der Waals surface area contributed by atoms with Crippen molar-refractivity contribution < 1.29 is 17.9 Å². The molecule has 2 bridgehead atoms. The van der Waals surface area contributed by atoms with Crippen molar-refractivity contribution >= 4 is 21.6 Å². The number of hydrogen-bond acceptors (Lipinski definition) is 4. The van der Waals surface area contributed by atoms with Crippen LogP contribution in [-0.4, -0.2) is 40.3 Å². The van der Waals surface area contributed by atoms with Crippen LogP contribution in [0.4, 0.5) is 5.69 Å². The normalized spacial score (nSPS) is 25.5. The maximum absolute atomic E-state index is 12.4. The van der Waals surface area contributed by atoms with E-state index in [2.05, 4.69) is 5.32 Å². The van der Waals surface area contributed by atoms with Gasteiger partial charge in [0.05, 0.1) is 19.1 Å². The van der Waals surface area contributed by atoms with Crippen molar-refractivity contribution in [2.24, 2.45) is 11.8 Å². The van der Waals surface area contributed by atoms with Crippen molar-refractivity contribution in [3.05, 3.63) is 24.3 Å². The minimum Gasteiger partial charge on any atom is -0.497 e. The van der Waals surface area contributed by atoms with Crippen molar-refractivity contribution in [1.29, 1.82) is 0 Å². The Bertz CT molecular complexity index is 702. The molecule has 1 N–H and O–H groups in total. The lowest BCUT2D eigenvalue weighted by Gasteiger charge is -2.26. The molecule has 0 radical (unpaired) electrons. The van der Waals surface area contributed by atoms with Crippen LogP contribution < -0.4 is 14.4 Å². The fourth-order valence-electron chi connectivity index (χ4n) is 3.95. The molecule has 0 unspecified atom stereocenters. The van der Waals surface area contributed by atoms with Crippen LogP contribution in [0, 0.1) is 11.8 Å². The lowest BCUT2D eigenvalue weighted by atomic mass is 9.95. The van der Waals surface area contributed by atoms with Crippen LogP contribution in [0.3, 0.4) is 0 Å². The zero-order chi connectivity index (χ0) is 17.3. The predicted octanol–water partition coefficient (Wildman–Crippen LogP) is 1.77. The average molecular weight is 352 g/mol. The van der Waals surface area contributed by atoms with Gasteiger partial charge in [-0.25, -0.2) is 8.42 Å². The first-order chi connectivity index (χ1) is 11.4. The van der Waals surface area contributed by atoms with Crippen LogP contribution in [0.5, 0.6) is 5.75 Å². The number of hydrogen-bond donors (Lipinski definition) is 1. The molecular formula is C17H24N2O4S. The summed E-state index contributed by atoms with van der Waals surface area (Å²) in [5.74, 6) is 1.69. The number of amides is 1. The number of ether oxygens (including phenoxy) is 1. The number of carbonyl (C=O) groups excluding carboxylic acids is 1. The van der Waals surface area contributed by atoms with Gasteiger partial charge >= 0.3 is 0 Å². The van der Waals surface area contributed by atoms with Gasteiger partial charge in [0.15, 0.2) is 0 Å². The van der Waals surface area contributed by atoms with E-state index < -0.39 is 10.0 Å². The maximum Gasteiger partial charge on any atom is 0.241 e. The fraction of sp³-hybridized carbons (Fsp3) is 0.588. The Labute approximate surface area is 143 Å². The fourth-order valence-corrected chi connectivity index (χ4v) is 4.81. The highest BCUT2D eigenvalue weighted by Gasteiger charge is 2.40. The molecule has 6 nitrogen and oxygen atoms in total. The molecule has 3 rings (SSSR count). The molecule has 24 heavy (non-hydrogen) atoms. The summed E-state index contributed by atoms with van der Waals surface area (Å²) in [5, 5.41) is 3.04. The Morgan fingerprint density at radius 3 is 2.46 bits per heavy atom. The van der Waals surface area contributed by atoms with E-state index in [-0.39, 0.29) is 18.5 Å². The molecule has 1 amide bonds. The number of benzene rings is 1. The van der Waals surface area contributed by atoms with E-state index in [9.17, 15) is 13.2 Å². The van der Waals surface area contributed by atoms with Gasteiger partial charge in [0.1, 0.15) is 12.3 Å². The molecule has 2 aliphatic carbocycles. The molecule has 3 atom stereocenters. The van der Waals surface area contributed by atoms with Gasteiger partial charge in [-0.2, -0.15) is 0 Å². The third-order valence-electron chi connectivity index (χ3n) is 5.13. The highest BCUT2D eigenvalue weighted by Crippen LogP contribution is 2.44. The van der Waals surface area contributed by atoms with Gasteiger partial charge in [0, 0.05) is 6.04 Å². The van der Waals surface area contributed by atoms with Crippen molar-refractivity contribution in [2.75, 3.05) is 24.2 Å². The maximum atomic E-state index is 12.4. The molecule has 132 valence electrons. The Hall–Kier alpha value is -1.76. The summed E-state index contributed by atoms with van der Waals surface area (Å²) in [6.07, 6.45) is 5.77. The third kappa shape index (κ3) is 3.66. The zero-order valence-corrected chi connectivity index (χ0v) is 14.9. The van der Waals surface area contributed by atoms with E-state index in [1.165, 1.54) is 19.3 Å². The van der Waals surface area contributed by atoms with Gasteiger partial charge in [-0.3, -0.25) is 9.10 Å². The summed E-state index contributed by atoms with van der Waals surface area (Å²) < 4.78 is 30.4. The lowest BCUT2D eigenvalue weighted by molar-refractivity contribution is -0.120. The Morgan fingerprint density at radius 2 is 1.96 bits per heavy atom. The molecule has 1 aromatic rings. The second-order valence-electron chi connectivity index (χ2n) is 6.82. The third-order valence-corrected chi connectivity index (χ3v) is 6.27. The van der Waals surface area contributed by atoms with E-state index in [0.29, 0.717) is 17.4 Å². The molecule has 0 saturated heterocycles. The van der Waals surface area contributed by atoms with E-state index >= 15 is 0 Å². The highest BCUT2D eigenvalue weighted by molar-refractivity contribution is 7.92. The van der Waals surface area contributed by atoms with Crippen LogP contribution in [0.15, 0.2) is 24.3 Å². The van der Waals surface area contributed by atoms with Crippen molar-refractivity contribution in [3.8, 4) is 5.75 Å². The van der Waals surface area contributed by atoms with Gasteiger partial charge < -0.3 is 10.1 Å². The Balaban J connectivity index is 1.68. The topological polar surface area (TPSA) is 75.7 Å². The van der Waals surface area contributed by atoms with Gasteiger partial charge in [-0.05, 0) is 55.4 Å². The highest BCUT2D eigenvalue weighted by atomic mass is 32.2. The van der Waals surface area contributed by atoms with Gasteiger partial charge in [0.2, 0.25) is 15.9 Å². The first-order valence-electron chi connectivity index (χ1n) is 8.28. The van der Waals surface area contributed by atoms with Crippen molar-refractivity contribution in [2.45, 2.75) is 31.7 Å². The number of nitrogens with one attached hydrogen (secondary N) is 1. The standard InChI is InChI=1S/C17H24N2O4S/c1-23-15-7-5-14(6-8-15)19(24(2,21)22)11-17(20)18-16-10-12-3-4-13(16)9-12/h5-8,12-13,16H,3-4,9-11H2,1-2H3,(H,18,20)/t12-,13-,16-/m0/s1. The number of fused-ring (bicyclic) bond motifs is 2. The molecule has 1 aromatic carbocycles. The monoisotopic (exact) mass is 352 g/mol. The molecule has 2 aliphatic rings. The lowest BCUT2D eigenvalue weighted by Crippen LogP contribution is -2.45. The summed E-state index contributed by atoms with van der Waals surface area (Å²) >= 11 is 0. The summed E-state index contributed by atoms with van der Waals surface area (Å²) in [7, 11) is -2.00. The van der Waals surface area contributed by atoms with Gasteiger partial charge in [0.25, 0.3) is 0 Å². The summed E-state index contributed by atoms with van der Waals surface area (Å²) in [5.41, 5.74) is 0.460. The first-order valence-corrected chi connectivity index (χ1v) is 10.1. The minimum absolute atomic E-state index is 0.195. The summed E-state index contributed by atoms with van der Waals surface area (Å²) in [4.78, 5) is 12.4. The van der Waals surface area contributed by atoms with Gasteiger partial charge in [-0.15, -0.1) is 0 Å². The second kappa shape index (κ2) is 6.63. The number of sulfonamides is 1. The SMILES string of the molecule is COc1ccc(N(CC(=O)N[C@H]2C[C@H]3CC[C@H]2C3)S(C)(=O)=O)cc1. The van der Waals surface area contributed by atoms with Crippen LogP contribution in [0.1, 0.15) is 25.7 Å². The predicted molar refractivity (Wildman–Crippen MR) is 92.6 cm³/mol. The summed E-state index contributed by atoms with van der Waals surface area (Å²) in [6, 6.07) is 6.85. The van der Waals surface area contributed by atoms with E-state index in [1.807, 2.05) is 0 Å². The number of rotatable bonds is 6. The number of nitrogens with zero attached hydrogens (tertiary/aromatic N) is 1. The van der Waals surface area contributed by atoms with E-state index in [4.69, 9.17) is 4.74 Å². The Kier molecular flexibility index (Phi) is 4.71. The number of anilines is 1. The first kappa shape index (κ1) is 17.1. The van der Waals surface area contributed by atoms with Crippen molar-refractivity contribution in [3.63, 3.8) is 0 Å². The molecule has 0 aliphatic heterocycles. The van der Waals surface area contributed by atoms with E-state index in [1.54, 1.807) is 31.4 Å². The minimum atomic E-state index is -3.54.